The third-order valence-electron chi connectivity index (χ3n) is 3.45. The summed E-state index contributed by atoms with van der Waals surface area (Å²) in [6, 6.07) is 9.55. The van der Waals surface area contributed by atoms with Gasteiger partial charge in [-0.05, 0) is 42.8 Å². The highest BCUT2D eigenvalue weighted by Gasteiger charge is 2.28. The second kappa shape index (κ2) is 6.37. The van der Waals surface area contributed by atoms with Crippen LogP contribution in [0.25, 0.3) is 0 Å². The van der Waals surface area contributed by atoms with Crippen LogP contribution in [0.5, 0.6) is 0 Å². The Balaban J connectivity index is 2.58. The second-order valence-electron chi connectivity index (χ2n) is 4.89. The summed E-state index contributed by atoms with van der Waals surface area (Å²) >= 11 is 0. The van der Waals surface area contributed by atoms with Gasteiger partial charge in [-0.3, -0.25) is 4.31 Å². The summed E-state index contributed by atoms with van der Waals surface area (Å²) in [5, 5.41) is 0. The number of rotatable bonds is 4. The Labute approximate surface area is 134 Å². The fourth-order valence-electron chi connectivity index (χ4n) is 2.16. The number of halogens is 1. The summed E-state index contributed by atoms with van der Waals surface area (Å²) in [7, 11) is -1.47. The maximum atomic E-state index is 13.0. The number of anilines is 1. The average molecular weight is 337 g/mol. The highest BCUT2D eigenvalue weighted by atomic mass is 32.2. The lowest BCUT2D eigenvalue weighted by Gasteiger charge is -2.21. The van der Waals surface area contributed by atoms with Crippen LogP contribution >= 0.6 is 0 Å². The van der Waals surface area contributed by atoms with Crippen molar-refractivity contribution in [3.05, 3.63) is 59.4 Å². The Hall–Kier alpha value is -2.41. The molecule has 0 radical (unpaired) electrons. The normalized spacial score (nSPS) is 11.1. The van der Waals surface area contributed by atoms with E-state index in [1.807, 2.05) is 0 Å². The number of sulfonamides is 1. The van der Waals surface area contributed by atoms with Crippen LogP contribution in [-0.2, 0) is 14.8 Å². The van der Waals surface area contributed by atoms with Gasteiger partial charge in [0.05, 0.1) is 18.4 Å². The van der Waals surface area contributed by atoms with Gasteiger partial charge in [0, 0.05) is 7.05 Å². The van der Waals surface area contributed by atoms with E-state index in [1.54, 1.807) is 19.1 Å². The van der Waals surface area contributed by atoms with Gasteiger partial charge in [-0.25, -0.2) is 17.6 Å². The third-order valence-corrected chi connectivity index (χ3v) is 5.28. The molecule has 0 saturated carbocycles. The summed E-state index contributed by atoms with van der Waals surface area (Å²) in [6.07, 6.45) is 0. The molecule has 0 saturated heterocycles. The van der Waals surface area contributed by atoms with Crippen LogP contribution < -0.4 is 4.31 Å². The summed E-state index contributed by atoms with van der Waals surface area (Å²) in [5.41, 5.74) is 0.762. The van der Waals surface area contributed by atoms with Crippen molar-refractivity contribution in [2.75, 3.05) is 18.5 Å². The van der Waals surface area contributed by atoms with Gasteiger partial charge in [-0.1, -0.05) is 12.1 Å². The Kier molecular flexibility index (Phi) is 4.70. The molecule has 0 N–H and O–H groups in total. The maximum absolute atomic E-state index is 13.0. The van der Waals surface area contributed by atoms with Crippen molar-refractivity contribution in [3.8, 4) is 0 Å². The van der Waals surface area contributed by atoms with Crippen LogP contribution in [0.4, 0.5) is 10.1 Å². The first-order chi connectivity index (χ1) is 10.8. The molecule has 2 aromatic carbocycles. The molecule has 0 amide bonds. The molecule has 122 valence electrons. The molecule has 0 unspecified atom stereocenters. The smallest absolute Gasteiger partial charge is 0.339 e. The molecular weight excluding hydrogens is 321 g/mol. The van der Waals surface area contributed by atoms with Gasteiger partial charge in [0.25, 0.3) is 10.0 Å². The molecule has 7 heteroatoms. The largest absolute Gasteiger partial charge is 0.465 e. The van der Waals surface area contributed by atoms with Crippen LogP contribution in [0.2, 0.25) is 0 Å². The van der Waals surface area contributed by atoms with Crippen molar-refractivity contribution in [2.45, 2.75) is 11.8 Å². The first-order valence-corrected chi connectivity index (χ1v) is 8.15. The van der Waals surface area contributed by atoms with Crippen molar-refractivity contribution < 1.29 is 22.3 Å². The van der Waals surface area contributed by atoms with Gasteiger partial charge in [0.15, 0.2) is 0 Å². The second-order valence-corrected chi connectivity index (χ2v) is 6.83. The van der Waals surface area contributed by atoms with Gasteiger partial charge in [-0.2, -0.15) is 0 Å². The zero-order valence-corrected chi connectivity index (χ0v) is 13.7. The van der Waals surface area contributed by atoms with Crippen molar-refractivity contribution in [1.82, 2.24) is 0 Å². The van der Waals surface area contributed by atoms with E-state index in [0.29, 0.717) is 5.56 Å². The van der Waals surface area contributed by atoms with E-state index in [2.05, 4.69) is 4.74 Å². The fraction of sp³-hybridized carbons (Fsp3) is 0.188. The topological polar surface area (TPSA) is 63.7 Å². The zero-order chi connectivity index (χ0) is 17.2. The van der Waals surface area contributed by atoms with E-state index in [0.717, 1.165) is 4.31 Å². The monoisotopic (exact) mass is 337 g/mol. The Morgan fingerprint density at radius 1 is 1.13 bits per heavy atom. The van der Waals surface area contributed by atoms with Gasteiger partial charge < -0.3 is 4.74 Å². The highest BCUT2D eigenvalue weighted by Crippen LogP contribution is 2.26. The van der Waals surface area contributed by atoms with E-state index < -0.39 is 21.8 Å². The molecule has 0 fully saturated rings. The number of aryl methyl sites for hydroxylation is 1. The van der Waals surface area contributed by atoms with E-state index in [-0.39, 0.29) is 16.1 Å². The van der Waals surface area contributed by atoms with Crippen LogP contribution in [0.1, 0.15) is 15.9 Å². The number of ether oxygens (including phenoxy) is 1. The first-order valence-electron chi connectivity index (χ1n) is 6.71. The average Bonchev–Trinajstić information content (AvgIpc) is 2.54. The van der Waals surface area contributed by atoms with E-state index in [9.17, 15) is 17.6 Å². The minimum atomic E-state index is -4.00. The molecule has 0 bridgehead atoms. The summed E-state index contributed by atoms with van der Waals surface area (Å²) in [4.78, 5) is 11.8. The minimum Gasteiger partial charge on any atom is -0.465 e. The zero-order valence-electron chi connectivity index (χ0n) is 12.9. The molecular formula is C16H16FNO4S. The fourth-order valence-corrected chi connectivity index (χ4v) is 3.60. The molecule has 0 spiro atoms. The highest BCUT2D eigenvalue weighted by molar-refractivity contribution is 7.92. The molecule has 0 aliphatic rings. The quantitative estimate of drug-likeness (QED) is 0.805. The van der Waals surface area contributed by atoms with Crippen molar-refractivity contribution >= 4 is 21.7 Å². The van der Waals surface area contributed by atoms with Gasteiger partial charge >= 0.3 is 5.97 Å². The predicted octanol–water partition coefficient (Wildman–Crippen LogP) is 2.75. The number of carbonyl (C=O) groups is 1. The third kappa shape index (κ3) is 3.19. The maximum Gasteiger partial charge on any atom is 0.339 e. The van der Waals surface area contributed by atoms with Gasteiger partial charge in [0.2, 0.25) is 0 Å². The Morgan fingerprint density at radius 2 is 1.74 bits per heavy atom. The van der Waals surface area contributed by atoms with E-state index >= 15 is 0 Å². The molecule has 0 atom stereocenters. The lowest BCUT2D eigenvalue weighted by molar-refractivity contribution is 0.0595. The molecule has 5 nitrogen and oxygen atoms in total. The van der Waals surface area contributed by atoms with Crippen molar-refractivity contribution in [2.24, 2.45) is 0 Å². The molecule has 0 aliphatic carbocycles. The number of hydrogen-bond acceptors (Lipinski definition) is 4. The van der Waals surface area contributed by atoms with Gasteiger partial charge in [-0.15, -0.1) is 0 Å². The van der Waals surface area contributed by atoms with E-state index in [1.165, 1.54) is 44.5 Å². The van der Waals surface area contributed by atoms with Crippen LogP contribution in [0.3, 0.4) is 0 Å². The van der Waals surface area contributed by atoms with Crippen LogP contribution in [-0.4, -0.2) is 28.5 Å². The SMILES string of the molecule is COC(=O)c1c(C)cccc1S(=O)(=O)N(C)c1ccc(F)cc1. The lowest BCUT2D eigenvalue weighted by atomic mass is 10.1. The minimum absolute atomic E-state index is 0.0102. The van der Waals surface area contributed by atoms with Gasteiger partial charge in [0.1, 0.15) is 10.7 Å². The summed E-state index contributed by atoms with van der Waals surface area (Å²) < 4.78 is 44.4. The Morgan fingerprint density at radius 3 is 2.30 bits per heavy atom. The Bertz CT molecular complexity index is 832. The van der Waals surface area contributed by atoms with Crippen molar-refractivity contribution in [1.29, 1.82) is 0 Å². The molecule has 2 rings (SSSR count). The molecule has 2 aromatic rings. The van der Waals surface area contributed by atoms with Crippen molar-refractivity contribution in [3.63, 3.8) is 0 Å². The number of hydrogen-bond donors (Lipinski definition) is 0. The molecule has 0 aromatic heterocycles. The number of nitrogens with zero attached hydrogens (tertiary/aromatic N) is 1. The number of benzene rings is 2. The molecule has 23 heavy (non-hydrogen) atoms. The van der Waals surface area contributed by atoms with Crippen LogP contribution in [0.15, 0.2) is 47.4 Å². The number of esters is 1. The summed E-state index contributed by atoms with van der Waals surface area (Å²) in [5.74, 6) is -1.19. The number of methoxy groups -OCH3 is 1. The number of carbonyl (C=O) groups excluding carboxylic acids is 1. The summed E-state index contributed by atoms with van der Waals surface area (Å²) in [6.45, 7) is 1.63. The first kappa shape index (κ1) is 17.0. The standard InChI is InChI=1S/C16H16FNO4S/c1-11-5-4-6-14(15(11)16(19)22-3)23(20,21)18(2)13-9-7-12(17)8-10-13/h4-10H,1-3H3. The predicted molar refractivity (Wildman–Crippen MR) is 84.5 cm³/mol. The lowest BCUT2D eigenvalue weighted by Crippen LogP contribution is -2.28. The van der Waals surface area contributed by atoms with E-state index in [4.69, 9.17) is 0 Å². The van der Waals surface area contributed by atoms with Crippen LogP contribution in [0, 0.1) is 12.7 Å². The molecule has 0 heterocycles. The molecule has 0 aliphatic heterocycles.